The first kappa shape index (κ1) is 19.8. The number of hydrogen-bond acceptors (Lipinski definition) is 4. The summed E-state index contributed by atoms with van der Waals surface area (Å²) in [5, 5.41) is 3.60. The van der Waals surface area contributed by atoms with Crippen molar-refractivity contribution in [3.8, 4) is 0 Å². The molecule has 1 unspecified atom stereocenters. The van der Waals surface area contributed by atoms with Crippen molar-refractivity contribution in [2.45, 2.75) is 46.1 Å². The van der Waals surface area contributed by atoms with Crippen molar-refractivity contribution in [2.75, 3.05) is 53.6 Å². The Morgan fingerprint density at radius 1 is 1.00 bits per heavy atom. The minimum Gasteiger partial charge on any atom is -0.385 e. The zero-order valence-corrected chi connectivity index (χ0v) is 14.3. The summed E-state index contributed by atoms with van der Waals surface area (Å²) in [6.07, 6.45) is 3.55. The van der Waals surface area contributed by atoms with Gasteiger partial charge in [0.25, 0.3) is 0 Å². The molecule has 0 amide bonds. The Kier molecular flexibility index (Phi) is 13.7. The average molecular weight is 288 g/mol. The van der Waals surface area contributed by atoms with Crippen molar-refractivity contribution < 1.29 is 9.47 Å². The van der Waals surface area contributed by atoms with Gasteiger partial charge in [-0.3, -0.25) is 4.90 Å². The molecule has 0 aliphatic heterocycles. The predicted molar refractivity (Wildman–Crippen MR) is 86.3 cm³/mol. The molecule has 0 spiro atoms. The van der Waals surface area contributed by atoms with E-state index in [0.29, 0.717) is 12.0 Å². The molecule has 0 aromatic carbocycles. The Morgan fingerprint density at radius 2 is 1.70 bits per heavy atom. The van der Waals surface area contributed by atoms with E-state index in [1.54, 1.807) is 14.2 Å². The Hall–Kier alpha value is -0.160. The Labute approximate surface area is 126 Å². The van der Waals surface area contributed by atoms with Crippen LogP contribution in [0.2, 0.25) is 0 Å². The van der Waals surface area contributed by atoms with Gasteiger partial charge in [0, 0.05) is 46.5 Å². The summed E-state index contributed by atoms with van der Waals surface area (Å²) in [6, 6.07) is 0.603. The summed E-state index contributed by atoms with van der Waals surface area (Å²) in [6.45, 7) is 12.7. The Balaban J connectivity index is 4.30. The smallest absolute Gasteiger partial charge is 0.0589 e. The fraction of sp³-hybridized carbons (Fsp3) is 1.00. The van der Waals surface area contributed by atoms with Crippen LogP contribution in [0.3, 0.4) is 0 Å². The maximum absolute atomic E-state index is 5.26. The van der Waals surface area contributed by atoms with Crippen LogP contribution < -0.4 is 5.32 Å². The molecule has 0 bridgehead atoms. The summed E-state index contributed by atoms with van der Waals surface area (Å²) < 4.78 is 10.4. The summed E-state index contributed by atoms with van der Waals surface area (Å²) >= 11 is 0. The van der Waals surface area contributed by atoms with Gasteiger partial charge in [-0.25, -0.2) is 0 Å². The molecule has 1 atom stereocenters. The lowest BCUT2D eigenvalue weighted by Crippen LogP contribution is -2.45. The molecule has 20 heavy (non-hydrogen) atoms. The van der Waals surface area contributed by atoms with Crippen LogP contribution in [0.4, 0.5) is 0 Å². The SMILES string of the molecule is CCCC(CNCC(C)C)N(CCCOC)CCOC. The monoisotopic (exact) mass is 288 g/mol. The van der Waals surface area contributed by atoms with E-state index in [1.807, 2.05) is 0 Å². The van der Waals surface area contributed by atoms with Crippen molar-refractivity contribution in [2.24, 2.45) is 5.92 Å². The first-order valence-corrected chi connectivity index (χ1v) is 8.08. The van der Waals surface area contributed by atoms with Crippen molar-refractivity contribution in [1.82, 2.24) is 10.2 Å². The fourth-order valence-corrected chi connectivity index (χ4v) is 2.38. The normalized spacial score (nSPS) is 13.3. The first-order chi connectivity index (χ1) is 9.65. The second-order valence-electron chi connectivity index (χ2n) is 5.87. The van der Waals surface area contributed by atoms with Gasteiger partial charge in [0.2, 0.25) is 0 Å². The second kappa shape index (κ2) is 13.8. The van der Waals surface area contributed by atoms with E-state index in [4.69, 9.17) is 9.47 Å². The highest BCUT2D eigenvalue weighted by Gasteiger charge is 2.17. The molecule has 0 aliphatic rings. The minimum atomic E-state index is 0.603. The lowest BCUT2D eigenvalue weighted by atomic mass is 10.1. The number of nitrogens with zero attached hydrogens (tertiary/aromatic N) is 1. The van der Waals surface area contributed by atoms with E-state index in [2.05, 4.69) is 31.0 Å². The zero-order valence-electron chi connectivity index (χ0n) is 14.3. The molecule has 0 fully saturated rings. The van der Waals surface area contributed by atoms with Crippen LogP contribution in [0.5, 0.6) is 0 Å². The van der Waals surface area contributed by atoms with Gasteiger partial charge in [0.05, 0.1) is 6.61 Å². The molecule has 0 rings (SSSR count). The summed E-state index contributed by atoms with van der Waals surface area (Å²) in [7, 11) is 3.55. The summed E-state index contributed by atoms with van der Waals surface area (Å²) in [5.41, 5.74) is 0. The summed E-state index contributed by atoms with van der Waals surface area (Å²) in [5.74, 6) is 0.707. The van der Waals surface area contributed by atoms with Gasteiger partial charge in [-0.05, 0) is 25.3 Å². The summed E-state index contributed by atoms with van der Waals surface area (Å²) in [4.78, 5) is 2.55. The number of methoxy groups -OCH3 is 2. The third kappa shape index (κ3) is 10.6. The molecule has 0 saturated heterocycles. The quantitative estimate of drug-likeness (QED) is 0.498. The van der Waals surface area contributed by atoms with Gasteiger partial charge in [-0.1, -0.05) is 27.2 Å². The van der Waals surface area contributed by atoms with Gasteiger partial charge in [-0.15, -0.1) is 0 Å². The maximum atomic E-state index is 5.26. The van der Waals surface area contributed by atoms with Crippen LogP contribution in [0.1, 0.15) is 40.0 Å². The largest absolute Gasteiger partial charge is 0.385 e. The van der Waals surface area contributed by atoms with Crippen molar-refractivity contribution >= 4 is 0 Å². The van der Waals surface area contributed by atoms with Gasteiger partial charge < -0.3 is 14.8 Å². The van der Waals surface area contributed by atoms with E-state index in [1.165, 1.54) is 12.8 Å². The molecule has 4 heteroatoms. The number of nitrogens with one attached hydrogen (secondary N) is 1. The lowest BCUT2D eigenvalue weighted by molar-refractivity contribution is 0.101. The third-order valence-corrected chi connectivity index (χ3v) is 3.45. The molecule has 0 saturated carbocycles. The molecular weight excluding hydrogens is 252 g/mol. The van der Waals surface area contributed by atoms with Crippen molar-refractivity contribution in [1.29, 1.82) is 0 Å². The molecule has 4 nitrogen and oxygen atoms in total. The minimum absolute atomic E-state index is 0.603. The lowest BCUT2D eigenvalue weighted by Gasteiger charge is -2.32. The zero-order chi connectivity index (χ0) is 15.2. The van der Waals surface area contributed by atoms with Crippen LogP contribution in [0, 0.1) is 5.92 Å². The van der Waals surface area contributed by atoms with E-state index in [9.17, 15) is 0 Å². The molecule has 1 N–H and O–H groups in total. The van der Waals surface area contributed by atoms with E-state index in [0.717, 1.165) is 45.8 Å². The average Bonchev–Trinajstić information content (AvgIpc) is 2.41. The number of rotatable bonds is 14. The van der Waals surface area contributed by atoms with Crippen LogP contribution in [0.15, 0.2) is 0 Å². The van der Waals surface area contributed by atoms with Crippen molar-refractivity contribution in [3.63, 3.8) is 0 Å². The fourth-order valence-electron chi connectivity index (χ4n) is 2.38. The highest BCUT2D eigenvalue weighted by molar-refractivity contribution is 4.74. The van der Waals surface area contributed by atoms with Gasteiger partial charge >= 0.3 is 0 Å². The molecule has 0 aromatic rings. The Bertz CT molecular complexity index is 201. The predicted octanol–water partition coefficient (Wildman–Crippen LogP) is 2.39. The van der Waals surface area contributed by atoms with Crippen molar-refractivity contribution in [3.05, 3.63) is 0 Å². The van der Waals surface area contributed by atoms with Gasteiger partial charge in [0.15, 0.2) is 0 Å². The molecule has 0 radical (unpaired) electrons. The molecular formula is C16H36N2O2. The van der Waals surface area contributed by atoms with E-state index in [-0.39, 0.29) is 0 Å². The van der Waals surface area contributed by atoms with Gasteiger partial charge in [-0.2, -0.15) is 0 Å². The molecule has 0 heterocycles. The number of ether oxygens (including phenoxy) is 2. The number of hydrogen-bond donors (Lipinski definition) is 1. The molecule has 122 valence electrons. The van der Waals surface area contributed by atoms with E-state index < -0.39 is 0 Å². The topological polar surface area (TPSA) is 33.7 Å². The third-order valence-electron chi connectivity index (χ3n) is 3.45. The maximum Gasteiger partial charge on any atom is 0.0589 e. The first-order valence-electron chi connectivity index (χ1n) is 8.08. The molecule has 0 aromatic heterocycles. The highest BCUT2D eigenvalue weighted by atomic mass is 16.5. The van der Waals surface area contributed by atoms with Crippen LogP contribution in [-0.4, -0.2) is 64.6 Å². The highest BCUT2D eigenvalue weighted by Crippen LogP contribution is 2.08. The van der Waals surface area contributed by atoms with Crippen LogP contribution in [-0.2, 0) is 9.47 Å². The second-order valence-corrected chi connectivity index (χ2v) is 5.87. The Morgan fingerprint density at radius 3 is 2.25 bits per heavy atom. The standard InChI is InChI=1S/C16H36N2O2/c1-6-8-16(14-17-13-15(2)3)18(10-12-20-5)9-7-11-19-4/h15-17H,6-14H2,1-5H3. The molecule has 0 aliphatic carbocycles. The van der Waals surface area contributed by atoms with Crippen LogP contribution in [0.25, 0.3) is 0 Å². The van der Waals surface area contributed by atoms with Crippen LogP contribution >= 0.6 is 0 Å². The van der Waals surface area contributed by atoms with Gasteiger partial charge in [0.1, 0.15) is 0 Å². The van der Waals surface area contributed by atoms with E-state index >= 15 is 0 Å².